The lowest BCUT2D eigenvalue weighted by molar-refractivity contribution is -0.153. The average Bonchev–Trinajstić information content (AvgIpc) is 1.79. The van der Waals surface area contributed by atoms with Gasteiger partial charge in [-0.1, -0.05) is 0 Å². The molecule has 6 heteroatoms. The number of esters is 1. The van der Waals surface area contributed by atoms with Crippen molar-refractivity contribution in [2.24, 2.45) is 0 Å². The highest BCUT2D eigenvalue weighted by atomic mass is 32.2. The van der Waals surface area contributed by atoms with Crippen LogP contribution in [0, 0.1) is 0 Å². The van der Waals surface area contributed by atoms with Crippen molar-refractivity contribution in [1.29, 1.82) is 0 Å². The second kappa shape index (κ2) is 3.63. The largest absolute Gasteiger partial charge is 0.459 e. The van der Waals surface area contributed by atoms with Crippen LogP contribution in [0.2, 0.25) is 0 Å². The van der Waals surface area contributed by atoms with Crippen molar-refractivity contribution in [2.75, 3.05) is 0 Å². The molecule has 0 radical (unpaired) electrons. The van der Waals surface area contributed by atoms with Crippen LogP contribution in [0.4, 0.5) is 0 Å². The fourth-order valence-electron chi connectivity index (χ4n) is 0.506. The van der Waals surface area contributed by atoms with Crippen molar-refractivity contribution in [3.8, 4) is 0 Å². The van der Waals surface area contributed by atoms with E-state index in [1.54, 1.807) is 20.8 Å². The topological polar surface area (TPSA) is 80.7 Å². The summed E-state index contributed by atoms with van der Waals surface area (Å²) in [7, 11) is -4.35. The van der Waals surface area contributed by atoms with Gasteiger partial charge in [0.05, 0.1) is 0 Å². The van der Waals surface area contributed by atoms with Crippen molar-refractivity contribution in [3.05, 3.63) is 0 Å². The van der Waals surface area contributed by atoms with E-state index in [2.05, 4.69) is 0 Å². The summed E-state index contributed by atoms with van der Waals surface area (Å²) in [5, 5.41) is -1.54. The highest BCUT2D eigenvalue weighted by Gasteiger charge is 2.30. The normalized spacial score (nSPS) is 15.2. The first-order chi connectivity index (χ1) is 5.54. The van der Waals surface area contributed by atoms with Crippen molar-refractivity contribution < 1.29 is 22.5 Å². The lowest BCUT2D eigenvalue weighted by Crippen LogP contribution is -2.34. The Labute approximate surface area is 77.8 Å². The summed E-state index contributed by atoms with van der Waals surface area (Å²) < 4.78 is 34.3. The van der Waals surface area contributed by atoms with Gasteiger partial charge in [0, 0.05) is 0 Å². The van der Waals surface area contributed by atoms with Gasteiger partial charge in [-0.25, -0.2) is 0 Å². The zero-order chi connectivity index (χ0) is 10.9. The maximum Gasteiger partial charge on any atom is 0.327 e. The molecule has 0 spiro atoms. The van der Waals surface area contributed by atoms with E-state index < -0.39 is 26.9 Å². The molecule has 0 aliphatic heterocycles. The Balaban J connectivity index is 4.48. The fraction of sp³-hybridized carbons (Fsp3) is 0.857. The Kier molecular flexibility index (Phi) is 3.46. The van der Waals surface area contributed by atoms with Crippen molar-refractivity contribution >= 4 is 16.1 Å². The molecule has 0 bridgehead atoms. The average molecular weight is 210 g/mol. The molecule has 0 rings (SSSR count). The van der Waals surface area contributed by atoms with E-state index in [-0.39, 0.29) is 0 Å². The summed E-state index contributed by atoms with van der Waals surface area (Å²) in [6.07, 6.45) is 0. The Morgan fingerprint density at radius 1 is 1.38 bits per heavy atom. The van der Waals surface area contributed by atoms with Crippen molar-refractivity contribution in [3.63, 3.8) is 0 Å². The molecule has 5 nitrogen and oxygen atoms in total. The van der Waals surface area contributed by atoms with Crippen LogP contribution < -0.4 is 0 Å². The predicted octanol–water partition coefficient (Wildman–Crippen LogP) is 0.604. The van der Waals surface area contributed by atoms with E-state index >= 15 is 0 Å². The third kappa shape index (κ3) is 4.84. The van der Waals surface area contributed by atoms with Gasteiger partial charge in [0.1, 0.15) is 5.60 Å². The standard InChI is InChI=1S/C7H14O5S/c1-5(13(9,10)11)6(8)12-7(2,3)4/h5H,1-4H3,(H,9,10,11). The number of carbonyl (C=O) groups excluding carboxylic acids is 1. The van der Waals surface area contributed by atoms with Gasteiger partial charge in [0.15, 0.2) is 5.25 Å². The van der Waals surface area contributed by atoms with Crippen LogP contribution in [0.5, 0.6) is 0 Å². The highest BCUT2D eigenvalue weighted by molar-refractivity contribution is 7.87. The van der Waals surface area contributed by atoms with E-state index in [9.17, 15) is 13.2 Å². The Bertz CT molecular complexity index is 284. The zero-order valence-electron chi connectivity index (χ0n) is 8.07. The number of hydrogen-bond acceptors (Lipinski definition) is 4. The molecule has 78 valence electrons. The van der Waals surface area contributed by atoms with Crippen LogP contribution >= 0.6 is 0 Å². The second-order valence-electron chi connectivity index (χ2n) is 3.69. The molecule has 1 N–H and O–H groups in total. The van der Waals surface area contributed by atoms with Crippen LogP contribution in [0.25, 0.3) is 0 Å². The van der Waals surface area contributed by atoms with Gasteiger partial charge >= 0.3 is 5.97 Å². The molecular formula is C7H14O5S. The number of carbonyl (C=O) groups is 1. The molecule has 0 fully saturated rings. The molecule has 0 aromatic heterocycles. The Hall–Kier alpha value is -0.620. The van der Waals surface area contributed by atoms with Crippen LogP contribution in [0.15, 0.2) is 0 Å². The van der Waals surface area contributed by atoms with Crippen LogP contribution in [-0.2, 0) is 19.6 Å². The minimum atomic E-state index is -4.35. The second-order valence-corrected chi connectivity index (χ2v) is 5.43. The van der Waals surface area contributed by atoms with Crippen LogP contribution in [-0.4, -0.2) is 29.8 Å². The summed E-state index contributed by atoms with van der Waals surface area (Å²) in [5.41, 5.74) is -0.754. The monoisotopic (exact) mass is 210 g/mol. The minimum Gasteiger partial charge on any atom is -0.459 e. The van der Waals surface area contributed by atoms with Gasteiger partial charge < -0.3 is 4.74 Å². The smallest absolute Gasteiger partial charge is 0.327 e. The summed E-state index contributed by atoms with van der Waals surface area (Å²) in [6.45, 7) is 5.91. The van der Waals surface area contributed by atoms with Gasteiger partial charge in [-0.2, -0.15) is 8.42 Å². The molecule has 0 amide bonds. The minimum absolute atomic E-state index is 0.754. The van der Waals surface area contributed by atoms with Crippen LogP contribution in [0.3, 0.4) is 0 Å². The molecule has 0 aromatic rings. The molecule has 1 unspecified atom stereocenters. The van der Waals surface area contributed by atoms with Crippen molar-refractivity contribution in [1.82, 2.24) is 0 Å². The lowest BCUT2D eigenvalue weighted by Gasteiger charge is -2.20. The fourth-order valence-corrected chi connectivity index (χ4v) is 0.798. The maximum absolute atomic E-state index is 11.0. The zero-order valence-corrected chi connectivity index (χ0v) is 8.88. The molecule has 0 aliphatic carbocycles. The van der Waals surface area contributed by atoms with Crippen LogP contribution in [0.1, 0.15) is 27.7 Å². The maximum atomic E-state index is 11.0. The molecule has 0 saturated carbocycles. The Morgan fingerprint density at radius 3 is 2.00 bits per heavy atom. The number of ether oxygens (including phenoxy) is 1. The first kappa shape index (κ1) is 12.4. The number of hydrogen-bond donors (Lipinski definition) is 1. The molecule has 1 atom stereocenters. The Morgan fingerprint density at radius 2 is 1.77 bits per heavy atom. The highest BCUT2D eigenvalue weighted by Crippen LogP contribution is 2.10. The predicted molar refractivity (Wildman–Crippen MR) is 46.9 cm³/mol. The van der Waals surface area contributed by atoms with Crippen molar-refractivity contribution in [2.45, 2.75) is 38.5 Å². The van der Waals surface area contributed by atoms with E-state index in [1.165, 1.54) is 0 Å². The summed E-state index contributed by atoms with van der Waals surface area (Å²) in [6, 6.07) is 0. The van der Waals surface area contributed by atoms with Gasteiger partial charge in [-0.3, -0.25) is 9.35 Å². The van der Waals surface area contributed by atoms with Gasteiger partial charge in [0.2, 0.25) is 0 Å². The van der Waals surface area contributed by atoms with E-state index in [0.717, 1.165) is 6.92 Å². The SMILES string of the molecule is CC(C(=O)OC(C)(C)C)S(=O)(=O)O. The summed E-state index contributed by atoms with van der Waals surface area (Å²) in [5.74, 6) is -0.949. The first-order valence-corrected chi connectivity index (χ1v) is 5.23. The first-order valence-electron chi connectivity index (χ1n) is 3.73. The van der Waals surface area contributed by atoms with E-state index in [1.807, 2.05) is 0 Å². The van der Waals surface area contributed by atoms with Gasteiger partial charge in [0.25, 0.3) is 10.1 Å². The molecule has 13 heavy (non-hydrogen) atoms. The third-order valence-electron chi connectivity index (χ3n) is 1.19. The molecule has 0 saturated heterocycles. The molecule has 0 aromatic carbocycles. The lowest BCUT2D eigenvalue weighted by atomic mass is 10.2. The third-order valence-corrected chi connectivity index (χ3v) is 2.27. The molecule has 0 heterocycles. The molecule has 0 aliphatic rings. The van der Waals surface area contributed by atoms with E-state index in [4.69, 9.17) is 9.29 Å². The number of rotatable bonds is 2. The summed E-state index contributed by atoms with van der Waals surface area (Å²) in [4.78, 5) is 11.0. The van der Waals surface area contributed by atoms with Gasteiger partial charge in [-0.05, 0) is 27.7 Å². The molecular weight excluding hydrogens is 196 g/mol. The van der Waals surface area contributed by atoms with Gasteiger partial charge in [-0.15, -0.1) is 0 Å². The van der Waals surface area contributed by atoms with E-state index in [0.29, 0.717) is 0 Å². The quantitative estimate of drug-likeness (QED) is 0.533. The summed E-state index contributed by atoms with van der Waals surface area (Å²) >= 11 is 0.